The maximum Gasteiger partial charge on any atom is 0.411 e. The van der Waals surface area contributed by atoms with Gasteiger partial charge in [-0.1, -0.05) is 0 Å². The molecule has 0 bridgehead atoms. The minimum Gasteiger partial charge on any atom is -0.453 e. The molecule has 20 heteroatoms. The molecule has 58 heavy (non-hydrogen) atoms. The summed E-state index contributed by atoms with van der Waals surface area (Å²) in [6.45, 7) is 0. The molecule has 17 nitrogen and oxygen atoms in total. The summed E-state index contributed by atoms with van der Waals surface area (Å²) >= 11 is 6.27. The number of hydrogen-bond donors (Lipinski definition) is 3. The van der Waals surface area contributed by atoms with Crippen molar-refractivity contribution in [2.24, 2.45) is 9.98 Å². The van der Waals surface area contributed by atoms with Gasteiger partial charge in [0.1, 0.15) is 0 Å². The highest BCUT2D eigenvalue weighted by Crippen LogP contribution is 2.31. The maximum atomic E-state index is 12.1. The fourth-order valence-corrected chi connectivity index (χ4v) is 6.33. The van der Waals surface area contributed by atoms with Crippen LogP contribution < -0.4 is 20.0 Å². The number of thioether (sulfide) groups is 2. The monoisotopic (exact) mass is 850 g/mol. The first kappa shape index (κ1) is 48.0. The van der Waals surface area contributed by atoms with Crippen LogP contribution in [0.2, 0.25) is 0 Å². The van der Waals surface area contributed by atoms with E-state index in [4.69, 9.17) is 5.11 Å². The van der Waals surface area contributed by atoms with Crippen LogP contribution in [0.5, 0.6) is 0 Å². The van der Waals surface area contributed by atoms with Crippen LogP contribution >= 0.6 is 36.2 Å². The first-order valence-electron chi connectivity index (χ1n) is 16.5. The molecule has 0 saturated carbocycles. The second-order valence-corrected chi connectivity index (χ2v) is 13.0. The summed E-state index contributed by atoms with van der Waals surface area (Å²) in [5.74, 6) is -1.56. The number of anilines is 4. The van der Waals surface area contributed by atoms with Crippen molar-refractivity contribution in [1.29, 1.82) is 0 Å². The van der Waals surface area contributed by atoms with Gasteiger partial charge in [0.2, 0.25) is 35.8 Å². The molecule has 3 aromatic rings. The van der Waals surface area contributed by atoms with Crippen LogP contribution in [-0.2, 0) is 43.1 Å². The van der Waals surface area contributed by atoms with E-state index in [1.807, 2.05) is 6.26 Å². The number of ether oxygens (including phenoxy) is 1. The number of carbonyl (C=O) groups excluding carboxylic acids is 9. The SMILES string of the molecule is CO.COC(=O)Nc1ccc(N2C(=O)CC(SC)C2=O)cc1.CS.CSC1CC(=O)N(c2ccc(N=C=O)cc2)C1=O.O=C=Nc1ccc(N2C(=O)C=CC2=O)cc1. The second kappa shape index (κ2) is 24.5. The molecule has 0 aromatic heterocycles. The van der Waals surface area contributed by atoms with Crippen molar-refractivity contribution in [3.8, 4) is 0 Å². The third-order valence-corrected chi connectivity index (χ3v) is 9.59. The van der Waals surface area contributed by atoms with Crippen LogP contribution in [0.4, 0.5) is 38.9 Å². The third-order valence-electron chi connectivity index (χ3n) is 7.71. The van der Waals surface area contributed by atoms with E-state index in [9.17, 15) is 43.2 Å². The summed E-state index contributed by atoms with van der Waals surface area (Å²) in [6.07, 6.45) is 10.4. The number of hydrogen-bond acceptors (Lipinski definition) is 16. The van der Waals surface area contributed by atoms with E-state index in [0.29, 0.717) is 34.1 Å². The molecule has 304 valence electrons. The molecule has 2 atom stereocenters. The molecule has 2 fully saturated rings. The number of imide groups is 3. The number of nitrogens with one attached hydrogen (secondary N) is 1. The number of thiol groups is 1. The number of amides is 7. The standard InChI is InChI=1S/C13H14N2O4S.C12H10N2O3S.C11H6N2O3.CH4O.CH4S/c1-19-13(18)14-8-3-5-9(6-4-8)15-11(16)7-10(20-2)12(15)17;1-18-10-6-11(16)14(12(10)17)9-4-2-8(3-5-9)13-7-15;14-7-12-8-1-3-9(4-2-8)13-10(15)5-6-11(13)16;2*1-2/h3-6,10H,7H2,1-2H3,(H,14,18);2-5,10H,6H2,1H3;1-6H;2*2H,1H3. The van der Waals surface area contributed by atoms with Gasteiger partial charge in [-0.15, -0.1) is 0 Å². The molecular weight excluding hydrogens is 813 g/mol. The predicted octanol–water partition coefficient (Wildman–Crippen LogP) is 4.75. The Morgan fingerprint density at radius 2 is 1.02 bits per heavy atom. The average molecular weight is 851 g/mol. The predicted molar refractivity (Wildman–Crippen MR) is 224 cm³/mol. The van der Waals surface area contributed by atoms with Crippen LogP contribution in [0.1, 0.15) is 12.8 Å². The van der Waals surface area contributed by atoms with Crippen molar-refractivity contribution in [2.75, 3.05) is 53.0 Å². The number of aliphatic imine (C=N–C) groups is 2. The molecule has 3 heterocycles. The summed E-state index contributed by atoms with van der Waals surface area (Å²) < 4.78 is 4.48. The van der Waals surface area contributed by atoms with Gasteiger partial charge in [0, 0.05) is 37.8 Å². The Bertz CT molecular complexity index is 2070. The fourth-order valence-electron chi connectivity index (χ4n) is 5.09. The van der Waals surface area contributed by atoms with E-state index in [0.717, 1.165) is 12.0 Å². The number of aliphatic hydroxyl groups excluding tert-OH is 1. The average Bonchev–Trinajstić information content (AvgIpc) is 3.85. The van der Waals surface area contributed by atoms with E-state index in [-0.39, 0.29) is 58.8 Å². The van der Waals surface area contributed by atoms with Crippen molar-refractivity contribution in [1.82, 2.24) is 0 Å². The summed E-state index contributed by atoms with van der Waals surface area (Å²) in [7, 11) is 2.27. The lowest BCUT2D eigenvalue weighted by molar-refractivity contribution is -0.122. The minimum absolute atomic E-state index is 0.195. The zero-order valence-corrected chi connectivity index (χ0v) is 34.2. The largest absolute Gasteiger partial charge is 0.453 e. The van der Waals surface area contributed by atoms with Gasteiger partial charge >= 0.3 is 6.09 Å². The van der Waals surface area contributed by atoms with E-state index in [1.165, 1.54) is 76.9 Å². The van der Waals surface area contributed by atoms with Gasteiger partial charge in [-0.05, 0) is 91.6 Å². The van der Waals surface area contributed by atoms with Gasteiger partial charge in [0.15, 0.2) is 0 Å². The molecule has 0 aliphatic carbocycles. The number of isocyanates is 2. The zero-order chi connectivity index (χ0) is 43.4. The Morgan fingerprint density at radius 3 is 1.33 bits per heavy atom. The third kappa shape index (κ3) is 12.7. The lowest BCUT2D eigenvalue weighted by atomic mass is 10.2. The van der Waals surface area contributed by atoms with Crippen molar-refractivity contribution < 1.29 is 53.0 Å². The van der Waals surface area contributed by atoms with Crippen molar-refractivity contribution >= 4 is 124 Å². The molecular formula is C38H38N6O11S3. The highest BCUT2D eigenvalue weighted by Gasteiger charge is 2.40. The van der Waals surface area contributed by atoms with E-state index < -0.39 is 6.09 Å². The molecule has 2 saturated heterocycles. The van der Waals surface area contributed by atoms with Crippen LogP contribution in [0.25, 0.3) is 0 Å². The highest BCUT2D eigenvalue weighted by atomic mass is 32.2. The lowest BCUT2D eigenvalue weighted by Crippen LogP contribution is -2.31. The van der Waals surface area contributed by atoms with Crippen molar-refractivity contribution in [3.05, 3.63) is 84.9 Å². The number of rotatable bonds is 8. The molecule has 6 rings (SSSR count). The van der Waals surface area contributed by atoms with E-state index in [1.54, 1.807) is 73.2 Å². The Morgan fingerprint density at radius 1 is 0.672 bits per heavy atom. The molecule has 3 aromatic carbocycles. The van der Waals surface area contributed by atoms with Crippen LogP contribution in [-0.4, -0.2) is 102 Å². The smallest absolute Gasteiger partial charge is 0.411 e. The Kier molecular flexibility index (Phi) is 20.3. The molecule has 7 amide bonds. The van der Waals surface area contributed by atoms with E-state index in [2.05, 4.69) is 32.7 Å². The number of nitrogens with zero attached hydrogens (tertiary/aromatic N) is 5. The fraction of sp³-hybridized carbons (Fsp3) is 0.237. The van der Waals surface area contributed by atoms with Crippen LogP contribution in [0, 0.1) is 0 Å². The number of carbonyl (C=O) groups is 7. The van der Waals surface area contributed by atoms with Crippen LogP contribution in [0.3, 0.4) is 0 Å². The number of methoxy groups -OCH3 is 1. The summed E-state index contributed by atoms with van der Waals surface area (Å²) in [5.41, 5.74) is 2.85. The van der Waals surface area contributed by atoms with Crippen molar-refractivity contribution in [2.45, 2.75) is 23.3 Å². The van der Waals surface area contributed by atoms with Gasteiger partial charge in [-0.25, -0.2) is 29.1 Å². The molecule has 2 N–H and O–H groups in total. The quantitative estimate of drug-likeness (QED) is 0.121. The molecule has 3 aliphatic rings. The van der Waals surface area contributed by atoms with Gasteiger partial charge in [0.25, 0.3) is 11.8 Å². The van der Waals surface area contributed by atoms with Gasteiger partial charge < -0.3 is 9.84 Å². The van der Waals surface area contributed by atoms with E-state index >= 15 is 0 Å². The lowest BCUT2D eigenvalue weighted by Gasteiger charge is -2.15. The van der Waals surface area contributed by atoms with Gasteiger partial charge in [0.05, 0.1) is 46.0 Å². The molecule has 3 aliphatic heterocycles. The number of benzene rings is 3. The molecule has 0 spiro atoms. The summed E-state index contributed by atoms with van der Waals surface area (Å²) in [6, 6.07) is 18.9. The highest BCUT2D eigenvalue weighted by molar-refractivity contribution is 8.00. The first-order chi connectivity index (χ1) is 27.9. The maximum absolute atomic E-state index is 12.1. The second-order valence-electron chi connectivity index (χ2n) is 10.9. The van der Waals surface area contributed by atoms with Crippen LogP contribution in [0.15, 0.2) is 94.9 Å². The number of aliphatic hydroxyl groups is 1. The summed E-state index contributed by atoms with van der Waals surface area (Å²) in [4.78, 5) is 112. The van der Waals surface area contributed by atoms with Crippen molar-refractivity contribution in [3.63, 3.8) is 0 Å². The molecule has 2 unspecified atom stereocenters. The first-order valence-corrected chi connectivity index (χ1v) is 20.0. The Hall–Kier alpha value is -6.14. The van der Waals surface area contributed by atoms with Gasteiger partial charge in [-0.3, -0.25) is 34.1 Å². The van der Waals surface area contributed by atoms with Gasteiger partial charge in [-0.2, -0.15) is 46.1 Å². The Balaban J connectivity index is 0.000000289. The minimum atomic E-state index is -0.575. The molecule has 0 radical (unpaired) electrons. The zero-order valence-electron chi connectivity index (χ0n) is 31.7. The normalized spacial score (nSPS) is 16.3. The summed E-state index contributed by atoms with van der Waals surface area (Å²) in [5, 5.41) is 8.89. The topological polar surface area (TPSA) is 230 Å². The Labute approximate surface area is 347 Å².